The molecule has 0 aliphatic carbocycles. The van der Waals surface area contributed by atoms with E-state index in [0.29, 0.717) is 26.1 Å². The van der Waals surface area contributed by atoms with E-state index in [0.717, 1.165) is 26.2 Å². The summed E-state index contributed by atoms with van der Waals surface area (Å²) in [5.74, 6) is 0.00456. The van der Waals surface area contributed by atoms with Gasteiger partial charge in [0.1, 0.15) is 0 Å². The number of rotatable bonds is 4. The average molecular weight is 357 g/mol. The van der Waals surface area contributed by atoms with E-state index in [-0.39, 0.29) is 17.9 Å². The molecular formula is C20H27N3O3. The Kier molecular flexibility index (Phi) is 5.93. The SMILES string of the molecule is C=CC(=O)N1CCO[C@H](CC(=O)N2CCN(c3ccccc3C)CC2)C1. The molecule has 0 N–H and O–H groups in total. The van der Waals surface area contributed by atoms with Crippen molar-refractivity contribution in [1.29, 1.82) is 0 Å². The van der Waals surface area contributed by atoms with Crippen LogP contribution in [0.2, 0.25) is 0 Å². The van der Waals surface area contributed by atoms with Crippen molar-refractivity contribution in [1.82, 2.24) is 9.80 Å². The van der Waals surface area contributed by atoms with Crippen LogP contribution in [0.5, 0.6) is 0 Å². The second-order valence-corrected chi connectivity index (χ2v) is 6.84. The maximum Gasteiger partial charge on any atom is 0.246 e. The Hall–Kier alpha value is -2.34. The van der Waals surface area contributed by atoms with Gasteiger partial charge in [-0.25, -0.2) is 0 Å². The molecule has 140 valence electrons. The molecule has 0 spiro atoms. The van der Waals surface area contributed by atoms with Crippen LogP contribution in [0.4, 0.5) is 5.69 Å². The van der Waals surface area contributed by atoms with Crippen LogP contribution in [0.3, 0.4) is 0 Å². The summed E-state index contributed by atoms with van der Waals surface area (Å²) in [5.41, 5.74) is 2.50. The molecule has 2 saturated heterocycles. The van der Waals surface area contributed by atoms with Gasteiger partial charge in [0.15, 0.2) is 0 Å². The molecule has 0 bridgehead atoms. The fourth-order valence-corrected chi connectivity index (χ4v) is 3.61. The molecule has 3 rings (SSSR count). The fourth-order valence-electron chi connectivity index (χ4n) is 3.61. The van der Waals surface area contributed by atoms with Gasteiger partial charge in [0.05, 0.1) is 19.1 Å². The molecule has 0 unspecified atom stereocenters. The minimum atomic E-state index is -0.227. The number of amides is 2. The highest BCUT2D eigenvalue weighted by Crippen LogP contribution is 2.21. The van der Waals surface area contributed by atoms with Crippen molar-refractivity contribution in [2.75, 3.05) is 50.8 Å². The van der Waals surface area contributed by atoms with Gasteiger partial charge in [0, 0.05) is 45.0 Å². The third kappa shape index (κ3) is 4.25. The summed E-state index contributed by atoms with van der Waals surface area (Å²) in [6.07, 6.45) is 1.41. The number of piperazine rings is 1. The Labute approximate surface area is 155 Å². The molecule has 0 radical (unpaired) electrons. The van der Waals surface area contributed by atoms with Crippen LogP contribution in [-0.4, -0.2) is 73.6 Å². The number of ether oxygens (including phenoxy) is 1. The van der Waals surface area contributed by atoms with Gasteiger partial charge >= 0.3 is 0 Å². The summed E-state index contributed by atoms with van der Waals surface area (Å²) < 4.78 is 5.68. The number of carbonyl (C=O) groups excluding carboxylic acids is 2. The van der Waals surface area contributed by atoms with Crippen molar-refractivity contribution in [2.24, 2.45) is 0 Å². The molecule has 0 saturated carbocycles. The van der Waals surface area contributed by atoms with Gasteiger partial charge in [-0.05, 0) is 24.6 Å². The third-order valence-corrected chi connectivity index (χ3v) is 5.12. The second kappa shape index (κ2) is 8.36. The Balaban J connectivity index is 1.50. The minimum absolute atomic E-state index is 0.0994. The molecule has 1 aromatic rings. The monoisotopic (exact) mass is 357 g/mol. The van der Waals surface area contributed by atoms with E-state index in [2.05, 4.69) is 36.6 Å². The maximum absolute atomic E-state index is 12.6. The number of carbonyl (C=O) groups is 2. The van der Waals surface area contributed by atoms with Crippen molar-refractivity contribution < 1.29 is 14.3 Å². The standard InChI is InChI=1S/C20H27N3O3/c1-3-19(24)23-12-13-26-17(15-23)14-20(25)22-10-8-21(9-11-22)18-7-5-4-6-16(18)2/h3-7,17H,1,8-15H2,2H3/t17-/m1/s1. The highest BCUT2D eigenvalue weighted by Gasteiger charge is 2.28. The predicted molar refractivity (Wildman–Crippen MR) is 101 cm³/mol. The molecule has 2 fully saturated rings. The zero-order chi connectivity index (χ0) is 18.5. The first kappa shape index (κ1) is 18.5. The molecule has 0 aromatic heterocycles. The largest absolute Gasteiger partial charge is 0.374 e. The summed E-state index contributed by atoms with van der Waals surface area (Å²) in [7, 11) is 0. The summed E-state index contributed by atoms with van der Waals surface area (Å²) in [6.45, 7) is 10.2. The lowest BCUT2D eigenvalue weighted by atomic mass is 10.1. The van der Waals surface area contributed by atoms with E-state index in [4.69, 9.17) is 4.74 Å². The fraction of sp³-hybridized carbons (Fsp3) is 0.500. The number of anilines is 1. The van der Waals surface area contributed by atoms with Gasteiger partial charge in [-0.2, -0.15) is 0 Å². The Bertz CT molecular complexity index is 668. The average Bonchev–Trinajstić information content (AvgIpc) is 2.68. The summed E-state index contributed by atoms with van der Waals surface area (Å²) in [4.78, 5) is 30.3. The van der Waals surface area contributed by atoms with Crippen molar-refractivity contribution in [3.8, 4) is 0 Å². The van der Waals surface area contributed by atoms with Gasteiger partial charge in [0.2, 0.25) is 11.8 Å². The van der Waals surface area contributed by atoms with Crippen molar-refractivity contribution >= 4 is 17.5 Å². The molecule has 26 heavy (non-hydrogen) atoms. The minimum Gasteiger partial charge on any atom is -0.374 e. The highest BCUT2D eigenvalue weighted by atomic mass is 16.5. The van der Waals surface area contributed by atoms with E-state index >= 15 is 0 Å². The lowest BCUT2D eigenvalue weighted by Crippen LogP contribution is -2.51. The zero-order valence-corrected chi connectivity index (χ0v) is 15.4. The van der Waals surface area contributed by atoms with Crippen molar-refractivity contribution in [3.63, 3.8) is 0 Å². The van der Waals surface area contributed by atoms with Crippen LogP contribution in [0, 0.1) is 6.92 Å². The van der Waals surface area contributed by atoms with Crippen LogP contribution in [0.15, 0.2) is 36.9 Å². The molecule has 2 amide bonds. The quantitative estimate of drug-likeness (QED) is 0.766. The number of morpholine rings is 1. The molecule has 6 nitrogen and oxygen atoms in total. The summed E-state index contributed by atoms with van der Waals surface area (Å²) in [6, 6.07) is 8.34. The molecule has 1 aromatic carbocycles. The normalized spacial score (nSPS) is 20.8. The second-order valence-electron chi connectivity index (χ2n) is 6.84. The van der Waals surface area contributed by atoms with Crippen molar-refractivity contribution in [3.05, 3.63) is 42.5 Å². The van der Waals surface area contributed by atoms with E-state index in [1.807, 2.05) is 11.0 Å². The van der Waals surface area contributed by atoms with E-state index in [9.17, 15) is 9.59 Å². The molecule has 2 aliphatic heterocycles. The highest BCUT2D eigenvalue weighted by molar-refractivity contribution is 5.87. The molecule has 2 aliphatic rings. The van der Waals surface area contributed by atoms with Crippen molar-refractivity contribution in [2.45, 2.75) is 19.4 Å². The summed E-state index contributed by atoms with van der Waals surface area (Å²) in [5, 5.41) is 0. The van der Waals surface area contributed by atoms with Gasteiger partial charge < -0.3 is 19.4 Å². The van der Waals surface area contributed by atoms with Crippen LogP contribution in [0.25, 0.3) is 0 Å². The number of aryl methyl sites for hydroxylation is 1. The Morgan fingerprint density at radius 1 is 1.15 bits per heavy atom. The Morgan fingerprint density at radius 2 is 1.88 bits per heavy atom. The topological polar surface area (TPSA) is 53.1 Å². The zero-order valence-electron chi connectivity index (χ0n) is 15.4. The smallest absolute Gasteiger partial charge is 0.246 e. The lowest BCUT2D eigenvalue weighted by molar-refractivity contribution is -0.141. The Morgan fingerprint density at radius 3 is 2.58 bits per heavy atom. The lowest BCUT2D eigenvalue weighted by Gasteiger charge is -2.38. The van der Waals surface area contributed by atoms with Crippen LogP contribution in [-0.2, 0) is 14.3 Å². The molecule has 6 heteroatoms. The maximum atomic E-state index is 12.6. The van der Waals surface area contributed by atoms with Gasteiger partial charge in [-0.1, -0.05) is 24.8 Å². The van der Waals surface area contributed by atoms with Crippen LogP contribution in [0.1, 0.15) is 12.0 Å². The predicted octanol–water partition coefficient (Wildman–Crippen LogP) is 1.45. The number of nitrogens with zero attached hydrogens (tertiary/aromatic N) is 3. The van der Waals surface area contributed by atoms with E-state index in [1.54, 1.807) is 4.90 Å². The molecular weight excluding hydrogens is 330 g/mol. The molecule has 1 atom stereocenters. The van der Waals surface area contributed by atoms with Crippen LogP contribution < -0.4 is 4.90 Å². The third-order valence-electron chi connectivity index (χ3n) is 5.12. The number of para-hydroxylation sites is 1. The van der Waals surface area contributed by atoms with E-state index < -0.39 is 0 Å². The molecule has 2 heterocycles. The van der Waals surface area contributed by atoms with Crippen LogP contribution >= 0.6 is 0 Å². The van der Waals surface area contributed by atoms with Gasteiger partial charge in [0.25, 0.3) is 0 Å². The first-order chi connectivity index (χ1) is 12.6. The number of benzene rings is 1. The van der Waals surface area contributed by atoms with Gasteiger partial charge in [-0.3, -0.25) is 9.59 Å². The number of hydrogen-bond donors (Lipinski definition) is 0. The first-order valence-corrected chi connectivity index (χ1v) is 9.20. The first-order valence-electron chi connectivity index (χ1n) is 9.20. The summed E-state index contributed by atoms with van der Waals surface area (Å²) >= 11 is 0. The van der Waals surface area contributed by atoms with E-state index in [1.165, 1.54) is 17.3 Å². The van der Waals surface area contributed by atoms with Gasteiger partial charge in [-0.15, -0.1) is 0 Å². The number of hydrogen-bond acceptors (Lipinski definition) is 4.